The minimum absolute atomic E-state index is 0.0189. The van der Waals surface area contributed by atoms with Gasteiger partial charge in [0.1, 0.15) is 6.23 Å². The molecule has 0 saturated heterocycles. The lowest BCUT2D eigenvalue weighted by molar-refractivity contribution is 0.0692. The van der Waals surface area contributed by atoms with Gasteiger partial charge in [0, 0.05) is 11.1 Å². The highest BCUT2D eigenvalue weighted by Crippen LogP contribution is 2.21. The molecule has 1 atom stereocenters. The van der Waals surface area contributed by atoms with Gasteiger partial charge in [0.2, 0.25) is 0 Å². The largest absolute Gasteiger partial charge is 0.476 e. The van der Waals surface area contributed by atoms with Gasteiger partial charge in [0.05, 0.1) is 5.52 Å². The van der Waals surface area contributed by atoms with Gasteiger partial charge in [0.15, 0.2) is 5.69 Å². The summed E-state index contributed by atoms with van der Waals surface area (Å²) in [5.41, 5.74) is 1.30. The Labute approximate surface area is 97.3 Å². The lowest BCUT2D eigenvalue weighted by Gasteiger charge is -2.11. The number of H-pyrrole nitrogens is 1. The van der Waals surface area contributed by atoms with Crippen LogP contribution in [0.1, 0.15) is 23.8 Å². The lowest BCUT2D eigenvalue weighted by Crippen LogP contribution is -2.16. The van der Waals surface area contributed by atoms with Crippen LogP contribution >= 0.6 is 0 Å². The predicted octanol–water partition coefficient (Wildman–Crippen LogP) is 1.40. The van der Waals surface area contributed by atoms with E-state index in [1.807, 2.05) is 6.92 Å². The quantitative estimate of drug-likeness (QED) is 0.600. The maximum absolute atomic E-state index is 10.9. The van der Waals surface area contributed by atoms with E-state index in [1.54, 1.807) is 18.2 Å². The number of carbonyl (C=O) groups is 1. The number of carboxylic acids is 1. The molecule has 4 N–H and O–H groups in total. The van der Waals surface area contributed by atoms with Crippen LogP contribution in [0.5, 0.6) is 0 Å². The number of fused-ring (bicyclic) bond motifs is 1. The van der Waals surface area contributed by atoms with Crippen molar-refractivity contribution in [1.29, 1.82) is 0 Å². The number of hydrogen-bond acceptors (Lipinski definition) is 4. The number of aromatic nitrogens is 2. The zero-order valence-corrected chi connectivity index (χ0v) is 9.27. The standard InChI is InChI=1S/C11H13N3O3/c1-2-9(15)12-6-3-4-8-7(5-6)10(11(16)17)14-13-8/h3-5,9,12,15H,2H2,1H3,(H,13,14)(H,16,17). The average molecular weight is 235 g/mol. The molecular formula is C11H13N3O3. The predicted molar refractivity (Wildman–Crippen MR) is 63.0 cm³/mol. The van der Waals surface area contributed by atoms with Crippen molar-refractivity contribution in [3.8, 4) is 0 Å². The number of anilines is 1. The number of carboxylic acid groups (broad SMARTS) is 1. The number of benzene rings is 1. The van der Waals surface area contributed by atoms with E-state index in [9.17, 15) is 9.90 Å². The summed E-state index contributed by atoms with van der Waals surface area (Å²) in [7, 11) is 0. The first-order valence-electron chi connectivity index (χ1n) is 5.28. The minimum Gasteiger partial charge on any atom is -0.476 e. The first-order valence-corrected chi connectivity index (χ1v) is 5.28. The SMILES string of the molecule is CCC(O)Nc1ccc2[nH]nc(C(=O)O)c2c1. The molecule has 2 aromatic rings. The Bertz CT molecular complexity index is 550. The second-order valence-electron chi connectivity index (χ2n) is 3.71. The summed E-state index contributed by atoms with van der Waals surface area (Å²) >= 11 is 0. The molecule has 0 radical (unpaired) electrons. The molecule has 1 heterocycles. The first-order chi connectivity index (χ1) is 8.11. The molecule has 0 bridgehead atoms. The summed E-state index contributed by atoms with van der Waals surface area (Å²) in [6.07, 6.45) is -0.0810. The maximum Gasteiger partial charge on any atom is 0.357 e. The van der Waals surface area contributed by atoms with E-state index in [0.29, 0.717) is 23.0 Å². The maximum atomic E-state index is 10.9. The highest BCUT2D eigenvalue weighted by Gasteiger charge is 2.13. The second kappa shape index (κ2) is 4.42. The Kier molecular flexibility index (Phi) is 2.97. The molecule has 17 heavy (non-hydrogen) atoms. The number of aliphatic hydroxyl groups excluding tert-OH is 1. The average Bonchev–Trinajstić information content (AvgIpc) is 2.71. The summed E-state index contributed by atoms with van der Waals surface area (Å²) in [6, 6.07) is 5.13. The number of nitrogens with one attached hydrogen (secondary N) is 2. The van der Waals surface area contributed by atoms with Crippen LogP contribution in [-0.2, 0) is 0 Å². The van der Waals surface area contributed by atoms with Crippen LogP contribution < -0.4 is 5.32 Å². The Morgan fingerprint density at radius 1 is 1.59 bits per heavy atom. The fourth-order valence-corrected chi connectivity index (χ4v) is 1.56. The van der Waals surface area contributed by atoms with E-state index in [-0.39, 0.29) is 5.69 Å². The normalized spacial score (nSPS) is 12.6. The van der Waals surface area contributed by atoms with E-state index in [1.165, 1.54) is 0 Å². The molecule has 90 valence electrons. The van der Waals surface area contributed by atoms with Crippen molar-refractivity contribution in [3.05, 3.63) is 23.9 Å². The van der Waals surface area contributed by atoms with Crippen LogP contribution in [0.25, 0.3) is 10.9 Å². The fourth-order valence-electron chi connectivity index (χ4n) is 1.56. The Hall–Kier alpha value is -2.08. The lowest BCUT2D eigenvalue weighted by atomic mass is 10.2. The fraction of sp³-hybridized carbons (Fsp3) is 0.273. The van der Waals surface area contributed by atoms with Gasteiger partial charge in [-0.25, -0.2) is 4.79 Å². The van der Waals surface area contributed by atoms with E-state index in [4.69, 9.17) is 5.11 Å². The van der Waals surface area contributed by atoms with Crippen LogP contribution in [0, 0.1) is 0 Å². The van der Waals surface area contributed by atoms with Crippen molar-refractivity contribution in [3.63, 3.8) is 0 Å². The molecule has 0 aliphatic rings. The van der Waals surface area contributed by atoms with E-state index >= 15 is 0 Å². The highest BCUT2D eigenvalue weighted by molar-refractivity contribution is 6.01. The van der Waals surface area contributed by atoms with Crippen LogP contribution in [0.4, 0.5) is 5.69 Å². The monoisotopic (exact) mass is 235 g/mol. The molecule has 0 fully saturated rings. The number of aromatic carboxylic acids is 1. The molecule has 0 amide bonds. The molecule has 1 aromatic heterocycles. The van der Waals surface area contributed by atoms with Gasteiger partial charge in [-0.2, -0.15) is 5.10 Å². The van der Waals surface area contributed by atoms with Crippen molar-refractivity contribution < 1.29 is 15.0 Å². The van der Waals surface area contributed by atoms with E-state index < -0.39 is 12.2 Å². The van der Waals surface area contributed by atoms with Gasteiger partial charge in [-0.05, 0) is 24.6 Å². The van der Waals surface area contributed by atoms with Crippen LogP contribution in [0.2, 0.25) is 0 Å². The molecule has 2 rings (SSSR count). The van der Waals surface area contributed by atoms with E-state index in [0.717, 1.165) is 0 Å². The molecular weight excluding hydrogens is 222 g/mol. The zero-order valence-electron chi connectivity index (χ0n) is 9.27. The number of nitrogens with zero attached hydrogens (tertiary/aromatic N) is 1. The van der Waals surface area contributed by atoms with Crippen LogP contribution in [-0.4, -0.2) is 32.6 Å². The van der Waals surface area contributed by atoms with Crippen LogP contribution in [0.15, 0.2) is 18.2 Å². The molecule has 6 heteroatoms. The first kappa shape index (κ1) is 11.4. The topological polar surface area (TPSA) is 98.2 Å². The molecule has 0 saturated carbocycles. The van der Waals surface area contributed by atoms with Gasteiger partial charge in [-0.1, -0.05) is 6.92 Å². The summed E-state index contributed by atoms with van der Waals surface area (Å²) in [5.74, 6) is -1.08. The third kappa shape index (κ3) is 2.21. The number of aliphatic hydroxyl groups is 1. The summed E-state index contributed by atoms with van der Waals surface area (Å²) < 4.78 is 0. The molecule has 6 nitrogen and oxygen atoms in total. The van der Waals surface area contributed by atoms with E-state index in [2.05, 4.69) is 15.5 Å². The van der Waals surface area contributed by atoms with Gasteiger partial charge in [-0.3, -0.25) is 5.10 Å². The Morgan fingerprint density at radius 2 is 2.35 bits per heavy atom. The van der Waals surface area contributed by atoms with Crippen molar-refractivity contribution >= 4 is 22.6 Å². The van der Waals surface area contributed by atoms with Gasteiger partial charge in [0.25, 0.3) is 0 Å². The highest BCUT2D eigenvalue weighted by atomic mass is 16.4. The molecule has 0 aliphatic carbocycles. The number of aromatic amines is 1. The van der Waals surface area contributed by atoms with Crippen molar-refractivity contribution in [2.75, 3.05) is 5.32 Å². The molecule has 0 aliphatic heterocycles. The summed E-state index contributed by atoms with van der Waals surface area (Å²) in [4.78, 5) is 10.9. The van der Waals surface area contributed by atoms with Crippen molar-refractivity contribution in [2.24, 2.45) is 0 Å². The van der Waals surface area contributed by atoms with Crippen molar-refractivity contribution in [1.82, 2.24) is 10.2 Å². The molecule has 1 aromatic carbocycles. The minimum atomic E-state index is -1.08. The third-order valence-corrected chi connectivity index (χ3v) is 2.49. The second-order valence-corrected chi connectivity index (χ2v) is 3.71. The Morgan fingerprint density at radius 3 is 3.00 bits per heavy atom. The van der Waals surface area contributed by atoms with Gasteiger partial charge in [-0.15, -0.1) is 0 Å². The van der Waals surface area contributed by atoms with Gasteiger partial charge < -0.3 is 15.5 Å². The van der Waals surface area contributed by atoms with Crippen LogP contribution in [0.3, 0.4) is 0 Å². The smallest absolute Gasteiger partial charge is 0.357 e. The van der Waals surface area contributed by atoms with Gasteiger partial charge >= 0.3 is 5.97 Å². The molecule has 0 spiro atoms. The molecule has 1 unspecified atom stereocenters. The summed E-state index contributed by atoms with van der Waals surface area (Å²) in [5, 5.41) is 28.1. The Balaban J connectivity index is 2.41. The van der Waals surface area contributed by atoms with Crippen molar-refractivity contribution in [2.45, 2.75) is 19.6 Å². The zero-order chi connectivity index (χ0) is 12.4. The number of rotatable bonds is 4. The number of hydrogen-bond donors (Lipinski definition) is 4. The third-order valence-electron chi connectivity index (χ3n) is 2.49. The summed E-state index contributed by atoms with van der Waals surface area (Å²) in [6.45, 7) is 1.84.